The van der Waals surface area contributed by atoms with Gasteiger partial charge in [-0.2, -0.15) is 13.2 Å². The van der Waals surface area contributed by atoms with Crippen molar-refractivity contribution in [2.45, 2.75) is 11.1 Å². The largest absolute Gasteiger partial charge is 0.492 e. The van der Waals surface area contributed by atoms with Gasteiger partial charge in [0.2, 0.25) is 26.0 Å². The maximum atomic E-state index is 13.0. The first-order valence-electron chi connectivity index (χ1n) is 9.69. The fourth-order valence-corrected chi connectivity index (χ4v) is 4.45. The van der Waals surface area contributed by atoms with E-state index in [2.05, 4.69) is 5.32 Å². The summed E-state index contributed by atoms with van der Waals surface area (Å²) in [5.74, 6) is -0.410. The van der Waals surface area contributed by atoms with E-state index in [0.29, 0.717) is 16.1 Å². The molecule has 0 spiro atoms. The van der Waals surface area contributed by atoms with Crippen molar-refractivity contribution in [2.75, 3.05) is 44.4 Å². The van der Waals surface area contributed by atoms with Crippen LogP contribution in [0.4, 0.5) is 18.9 Å². The number of benzene rings is 2. The molecule has 0 heterocycles. The van der Waals surface area contributed by atoms with Gasteiger partial charge >= 0.3 is 6.18 Å². The summed E-state index contributed by atoms with van der Waals surface area (Å²) in [6, 6.07) is 9.27. The third-order valence-corrected chi connectivity index (χ3v) is 7.41. The fourth-order valence-electron chi connectivity index (χ4n) is 2.70. The number of carbonyl (C=O) groups excluding carboxylic acids is 1. The Hall–Kier alpha value is -2.84. The van der Waals surface area contributed by atoms with Crippen LogP contribution in [0.1, 0.15) is 5.56 Å². The lowest BCUT2D eigenvalue weighted by atomic mass is 10.2. The summed E-state index contributed by atoms with van der Waals surface area (Å²) in [6.45, 7) is -0.776. The van der Waals surface area contributed by atoms with Crippen molar-refractivity contribution in [2.24, 2.45) is 0 Å². The smallest absolute Gasteiger partial charge is 0.416 e. The molecule has 0 aliphatic rings. The van der Waals surface area contributed by atoms with Gasteiger partial charge in [-0.25, -0.2) is 21.1 Å². The van der Waals surface area contributed by atoms with Crippen molar-refractivity contribution < 1.29 is 39.5 Å². The summed E-state index contributed by atoms with van der Waals surface area (Å²) >= 11 is 0. The molecule has 1 amide bonds. The van der Waals surface area contributed by atoms with E-state index in [4.69, 9.17) is 4.74 Å². The van der Waals surface area contributed by atoms with Gasteiger partial charge in [-0.1, -0.05) is 6.07 Å². The van der Waals surface area contributed by atoms with Crippen molar-refractivity contribution in [3.63, 3.8) is 0 Å². The second-order valence-electron chi connectivity index (χ2n) is 7.27. The standard InChI is InChI=1S/C20H24F3N3O6S2/c1-25(2)34(30,31)18-9-7-17(8-10-18)32-12-11-24-19(27)14-26(33(3,28)29)16-6-4-5-15(13-16)20(21,22)23/h4-10,13H,11-12,14H2,1-3H3,(H,24,27). The molecule has 0 atom stereocenters. The van der Waals surface area contributed by atoms with E-state index < -0.39 is 44.2 Å². The zero-order valence-electron chi connectivity index (χ0n) is 18.5. The summed E-state index contributed by atoms with van der Waals surface area (Å²) in [6.07, 6.45) is -3.89. The van der Waals surface area contributed by atoms with E-state index in [1.54, 1.807) is 0 Å². The Morgan fingerprint density at radius 2 is 1.65 bits per heavy atom. The number of rotatable bonds is 10. The summed E-state index contributed by atoms with van der Waals surface area (Å²) in [5.41, 5.74) is -1.34. The summed E-state index contributed by atoms with van der Waals surface area (Å²) in [5, 5.41) is 2.43. The van der Waals surface area contributed by atoms with Gasteiger partial charge in [0.25, 0.3) is 0 Å². The van der Waals surface area contributed by atoms with E-state index >= 15 is 0 Å². The topological polar surface area (TPSA) is 113 Å². The van der Waals surface area contributed by atoms with Crippen LogP contribution in [0.5, 0.6) is 5.75 Å². The lowest BCUT2D eigenvalue weighted by molar-refractivity contribution is -0.137. The second kappa shape index (κ2) is 10.6. The fraction of sp³-hybridized carbons (Fsp3) is 0.350. The van der Waals surface area contributed by atoms with E-state index in [1.807, 2.05) is 0 Å². The quantitative estimate of drug-likeness (QED) is 0.476. The maximum Gasteiger partial charge on any atom is 0.416 e. The van der Waals surface area contributed by atoms with Gasteiger partial charge in [0.05, 0.1) is 28.9 Å². The molecule has 0 bridgehead atoms. The molecule has 0 saturated carbocycles. The van der Waals surface area contributed by atoms with Gasteiger partial charge in [-0.05, 0) is 42.5 Å². The van der Waals surface area contributed by atoms with Crippen molar-refractivity contribution in [3.8, 4) is 5.75 Å². The molecule has 0 aliphatic carbocycles. The van der Waals surface area contributed by atoms with Crippen LogP contribution in [0, 0.1) is 0 Å². The molecular formula is C20H24F3N3O6S2. The number of ether oxygens (including phenoxy) is 1. The zero-order valence-corrected chi connectivity index (χ0v) is 20.2. The minimum absolute atomic E-state index is 0.0199. The molecule has 34 heavy (non-hydrogen) atoms. The normalized spacial score (nSPS) is 12.4. The molecule has 0 aliphatic heterocycles. The molecule has 2 rings (SSSR count). The van der Waals surface area contributed by atoms with Crippen molar-refractivity contribution >= 4 is 31.6 Å². The van der Waals surface area contributed by atoms with Crippen LogP contribution in [-0.4, -0.2) is 67.1 Å². The van der Waals surface area contributed by atoms with Crippen molar-refractivity contribution in [1.29, 1.82) is 0 Å². The van der Waals surface area contributed by atoms with Crippen LogP contribution in [0.3, 0.4) is 0 Å². The Balaban J connectivity index is 1.95. The van der Waals surface area contributed by atoms with E-state index in [-0.39, 0.29) is 23.7 Å². The highest BCUT2D eigenvalue weighted by Crippen LogP contribution is 2.32. The molecule has 2 aromatic rings. The summed E-state index contributed by atoms with van der Waals surface area (Å²) < 4.78 is 94.2. The number of halogens is 3. The van der Waals surface area contributed by atoms with Gasteiger partial charge in [0, 0.05) is 14.1 Å². The highest BCUT2D eigenvalue weighted by atomic mass is 32.2. The van der Waals surface area contributed by atoms with E-state index in [1.165, 1.54) is 38.4 Å². The number of hydrogen-bond acceptors (Lipinski definition) is 6. The van der Waals surface area contributed by atoms with Crippen molar-refractivity contribution in [1.82, 2.24) is 9.62 Å². The Bertz CT molecular complexity index is 1210. The van der Waals surface area contributed by atoms with E-state index in [9.17, 15) is 34.8 Å². The van der Waals surface area contributed by atoms with Crippen LogP contribution >= 0.6 is 0 Å². The number of sulfonamides is 2. The van der Waals surface area contributed by atoms with Gasteiger partial charge in [0.1, 0.15) is 18.9 Å². The summed E-state index contributed by atoms with van der Waals surface area (Å²) in [7, 11) is -4.83. The average Bonchev–Trinajstić information content (AvgIpc) is 2.74. The van der Waals surface area contributed by atoms with Gasteiger partial charge in [-0.3, -0.25) is 9.10 Å². The number of hydrogen-bond donors (Lipinski definition) is 1. The van der Waals surface area contributed by atoms with Crippen LogP contribution in [0.2, 0.25) is 0 Å². The van der Waals surface area contributed by atoms with Gasteiger partial charge in [-0.15, -0.1) is 0 Å². The van der Waals surface area contributed by atoms with Crippen LogP contribution < -0.4 is 14.4 Å². The lowest BCUT2D eigenvalue weighted by Gasteiger charge is -2.22. The Kier molecular flexibility index (Phi) is 8.55. The number of amides is 1. The van der Waals surface area contributed by atoms with Crippen LogP contribution in [0.25, 0.3) is 0 Å². The van der Waals surface area contributed by atoms with Crippen LogP contribution in [0.15, 0.2) is 53.4 Å². The molecule has 0 saturated heterocycles. The highest BCUT2D eigenvalue weighted by Gasteiger charge is 2.32. The molecule has 1 N–H and O–H groups in total. The van der Waals surface area contributed by atoms with Crippen molar-refractivity contribution in [3.05, 3.63) is 54.1 Å². The molecular weight excluding hydrogens is 499 g/mol. The van der Waals surface area contributed by atoms with Gasteiger partial charge in [0.15, 0.2) is 0 Å². The predicted molar refractivity (Wildman–Crippen MR) is 119 cm³/mol. The first-order valence-corrected chi connectivity index (χ1v) is 13.0. The summed E-state index contributed by atoms with van der Waals surface area (Å²) in [4.78, 5) is 12.3. The monoisotopic (exact) mass is 523 g/mol. The lowest BCUT2D eigenvalue weighted by Crippen LogP contribution is -2.41. The SMILES string of the molecule is CN(C)S(=O)(=O)c1ccc(OCCNC(=O)CN(c2cccc(C(F)(F)F)c2)S(C)(=O)=O)cc1. The first-order chi connectivity index (χ1) is 15.6. The van der Waals surface area contributed by atoms with Crippen LogP contribution in [-0.2, 0) is 31.0 Å². The predicted octanol–water partition coefficient (Wildman–Crippen LogP) is 1.92. The molecule has 2 aromatic carbocycles. The maximum absolute atomic E-state index is 13.0. The minimum atomic E-state index is -4.67. The Morgan fingerprint density at radius 1 is 1.03 bits per heavy atom. The number of nitrogens with one attached hydrogen (secondary N) is 1. The third kappa shape index (κ3) is 7.33. The zero-order chi connectivity index (χ0) is 25.7. The molecule has 14 heteroatoms. The second-order valence-corrected chi connectivity index (χ2v) is 11.3. The molecule has 9 nitrogen and oxygen atoms in total. The highest BCUT2D eigenvalue weighted by molar-refractivity contribution is 7.92. The number of alkyl halides is 3. The molecule has 188 valence electrons. The number of nitrogens with zero attached hydrogens (tertiary/aromatic N) is 2. The molecule has 0 radical (unpaired) electrons. The third-order valence-electron chi connectivity index (χ3n) is 4.44. The number of anilines is 1. The van der Waals surface area contributed by atoms with E-state index in [0.717, 1.165) is 28.8 Å². The molecule has 0 fully saturated rings. The number of carbonyl (C=O) groups is 1. The Labute approximate surface area is 196 Å². The molecule has 0 unspecified atom stereocenters. The van der Waals surface area contributed by atoms with Gasteiger partial charge < -0.3 is 10.1 Å². The molecule has 0 aromatic heterocycles. The first kappa shape index (κ1) is 27.4. The Morgan fingerprint density at radius 3 is 2.18 bits per heavy atom. The average molecular weight is 524 g/mol. The minimum Gasteiger partial charge on any atom is -0.492 e.